The van der Waals surface area contributed by atoms with Gasteiger partial charge in [-0.2, -0.15) is 0 Å². The van der Waals surface area contributed by atoms with E-state index < -0.39 is 5.60 Å². The number of aliphatic hydroxyl groups is 1. The molecule has 16 heavy (non-hydrogen) atoms. The number of fused-ring (bicyclic) bond motifs is 4. The van der Waals surface area contributed by atoms with Crippen LogP contribution in [0.4, 0.5) is 0 Å². The molecule has 4 aliphatic carbocycles. The van der Waals surface area contributed by atoms with E-state index >= 15 is 0 Å². The summed E-state index contributed by atoms with van der Waals surface area (Å²) in [4.78, 5) is 12.2. The maximum absolute atomic E-state index is 12.2. The van der Waals surface area contributed by atoms with E-state index in [0.717, 1.165) is 19.3 Å². The first-order valence-corrected chi connectivity index (χ1v) is 6.31. The molecule has 2 heteroatoms. The van der Waals surface area contributed by atoms with Crippen molar-refractivity contribution >= 4 is 5.78 Å². The van der Waals surface area contributed by atoms with Crippen LogP contribution in [0.2, 0.25) is 0 Å². The molecule has 0 unspecified atom stereocenters. The van der Waals surface area contributed by atoms with Crippen LogP contribution in [0.3, 0.4) is 0 Å². The zero-order valence-corrected chi connectivity index (χ0v) is 9.17. The summed E-state index contributed by atoms with van der Waals surface area (Å²) in [6, 6.07) is 0. The highest BCUT2D eigenvalue weighted by Crippen LogP contribution is 2.56. The lowest BCUT2D eigenvalue weighted by Crippen LogP contribution is -2.47. The van der Waals surface area contributed by atoms with Crippen molar-refractivity contribution in [2.45, 2.75) is 24.9 Å². The van der Waals surface area contributed by atoms with E-state index in [4.69, 9.17) is 0 Å². The van der Waals surface area contributed by atoms with Gasteiger partial charge in [0.05, 0.1) is 11.5 Å². The maximum Gasteiger partial charge on any atom is 0.146 e. The summed E-state index contributed by atoms with van der Waals surface area (Å²) < 4.78 is 0. The third kappa shape index (κ3) is 0.904. The molecule has 0 spiro atoms. The molecule has 2 nitrogen and oxygen atoms in total. The third-order valence-electron chi connectivity index (χ3n) is 5.16. The Labute approximate surface area is 95.0 Å². The van der Waals surface area contributed by atoms with Crippen LogP contribution in [0.1, 0.15) is 19.3 Å². The average molecular weight is 216 g/mol. The van der Waals surface area contributed by atoms with E-state index in [9.17, 15) is 9.90 Å². The maximum atomic E-state index is 12.2. The quantitative estimate of drug-likeness (QED) is 0.677. The van der Waals surface area contributed by atoms with Crippen LogP contribution in [-0.2, 0) is 4.79 Å². The molecule has 2 saturated carbocycles. The predicted octanol–water partition coefficient (Wildman–Crippen LogP) is 1.70. The number of hydrogen-bond donors (Lipinski definition) is 1. The van der Waals surface area contributed by atoms with Gasteiger partial charge in [-0.3, -0.25) is 4.79 Å². The summed E-state index contributed by atoms with van der Waals surface area (Å²) >= 11 is 0. The topological polar surface area (TPSA) is 37.3 Å². The zero-order valence-electron chi connectivity index (χ0n) is 9.17. The van der Waals surface area contributed by atoms with Crippen LogP contribution in [0, 0.1) is 29.6 Å². The molecule has 6 atom stereocenters. The number of Topliss-reactive ketones (excluding diaryl/α,β-unsaturated/α-hetero) is 1. The molecule has 0 aromatic carbocycles. The number of carbonyl (C=O) groups is 1. The Morgan fingerprint density at radius 3 is 2.62 bits per heavy atom. The van der Waals surface area contributed by atoms with Gasteiger partial charge in [-0.15, -0.1) is 0 Å². The fourth-order valence-corrected chi connectivity index (χ4v) is 4.47. The second-order valence-electron chi connectivity index (χ2n) is 5.95. The van der Waals surface area contributed by atoms with Crippen LogP contribution in [0.5, 0.6) is 0 Å². The number of hydrogen-bond acceptors (Lipinski definition) is 2. The van der Waals surface area contributed by atoms with Gasteiger partial charge in [-0.05, 0) is 31.1 Å². The van der Waals surface area contributed by atoms with Crippen LogP contribution < -0.4 is 0 Å². The molecule has 0 amide bonds. The van der Waals surface area contributed by atoms with Crippen molar-refractivity contribution < 1.29 is 9.90 Å². The lowest BCUT2D eigenvalue weighted by atomic mass is 9.71. The van der Waals surface area contributed by atoms with Gasteiger partial charge in [0.15, 0.2) is 0 Å². The molecule has 4 aliphatic rings. The summed E-state index contributed by atoms with van der Waals surface area (Å²) in [6.45, 7) is 0. The highest BCUT2D eigenvalue weighted by atomic mass is 16.3. The summed E-state index contributed by atoms with van der Waals surface area (Å²) in [6.07, 6.45) is 11.4. The lowest BCUT2D eigenvalue weighted by molar-refractivity contribution is -0.135. The van der Waals surface area contributed by atoms with Crippen molar-refractivity contribution in [1.29, 1.82) is 0 Å². The first-order valence-electron chi connectivity index (χ1n) is 6.31. The Morgan fingerprint density at radius 1 is 1.19 bits per heavy atom. The second-order valence-corrected chi connectivity index (χ2v) is 5.95. The zero-order chi connectivity index (χ0) is 10.9. The summed E-state index contributed by atoms with van der Waals surface area (Å²) in [5, 5.41) is 10.9. The van der Waals surface area contributed by atoms with Crippen molar-refractivity contribution in [3.8, 4) is 0 Å². The predicted molar refractivity (Wildman–Crippen MR) is 59.5 cm³/mol. The van der Waals surface area contributed by atoms with Gasteiger partial charge in [0, 0.05) is 11.8 Å². The fraction of sp³-hybridized carbons (Fsp3) is 0.643. The van der Waals surface area contributed by atoms with Crippen molar-refractivity contribution in [1.82, 2.24) is 0 Å². The van der Waals surface area contributed by atoms with E-state index in [-0.39, 0.29) is 17.8 Å². The van der Waals surface area contributed by atoms with Crippen molar-refractivity contribution in [3.63, 3.8) is 0 Å². The molecule has 0 aromatic heterocycles. The largest absolute Gasteiger partial charge is 0.388 e. The van der Waals surface area contributed by atoms with Crippen molar-refractivity contribution in [2.75, 3.05) is 0 Å². The Kier molecular flexibility index (Phi) is 1.53. The normalized spacial score (nSPS) is 56.8. The summed E-state index contributed by atoms with van der Waals surface area (Å²) in [7, 11) is 0. The Hall–Kier alpha value is -0.890. The summed E-state index contributed by atoms with van der Waals surface area (Å²) in [5.74, 6) is 1.38. The van der Waals surface area contributed by atoms with Crippen LogP contribution >= 0.6 is 0 Å². The van der Waals surface area contributed by atoms with E-state index in [1.54, 1.807) is 0 Å². The van der Waals surface area contributed by atoms with Gasteiger partial charge < -0.3 is 5.11 Å². The molecule has 1 N–H and O–H groups in total. The van der Waals surface area contributed by atoms with Crippen LogP contribution in [-0.4, -0.2) is 16.5 Å². The van der Waals surface area contributed by atoms with Gasteiger partial charge in [-0.25, -0.2) is 0 Å². The third-order valence-corrected chi connectivity index (χ3v) is 5.16. The molecule has 2 fully saturated rings. The molecule has 4 bridgehead atoms. The minimum atomic E-state index is -0.722. The van der Waals surface area contributed by atoms with Gasteiger partial charge in [0.2, 0.25) is 0 Å². The van der Waals surface area contributed by atoms with Gasteiger partial charge >= 0.3 is 0 Å². The molecule has 0 aromatic rings. The van der Waals surface area contributed by atoms with E-state index in [1.165, 1.54) is 0 Å². The monoisotopic (exact) mass is 216 g/mol. The minimum absolute atomic E-state index is 0.109. The van der Waals surface area contributed by atoms with Gasteiger partial charge in [-0.1, -0.05) is 24.3 Å². The van der Waals surface area contributed by atoms with Crippen molar-refractivity contribution in [2.24, 2.45) is 29.6 Å². The van der Waals surface area contributed by atoms with Crippen LogP contribution in [0.15, 0.2) is 24.3 Å². The minimum Gasteiger partial charge on any atom is -0.388 e. The Bertz CT molecular complexity index is 422. The Morgan fingerprint density at radius 2 is 2.06 bits per heavy atom. The van der Waals surface area contributed by atoms with Gasteiger partial charge in [0.1, 0.15) is 5.78 Å². The van der Waals surface area contributed by atoms with E-state index in [2.05, 4.69) is 18.2 Å². The first kappa shape index (κ1) is 9.17. The fourth-order valence-electron chi connectivity index (χ4n) is 4.47. The number of carbonyl (C=O) groups excluding carboxylic acids is 1. The molecule has 0 saturated heterocycles. The number of rotatable bonds is 1. The van der Waals surface area contributed by atoms with Gasteiger partial charge in [0.25, 0.3) is 0 Å². The molecular weight excluding hydrogens is 200 g/mol. The molecule has 0 heterocycles. The standard InChI is InChI=1S/C14H16O2/c15-13-10-3-2-9(6-10)12(13)14(16)7-8-1-4-11(14)5-8/h1-4,8-12,16H,5-7H2/t8-,9+,10-,11+,12-,14-/m1/s1. The van der Waals surface area contributed by atoms with Crippen LogP contribution in [0.25, 0.3) is 0 Å². The highest BCUT2D eigenvalue weighted by Gasteiger charge is 2.60. The number of allylic oxidation sites excluding steroid dienone is 3. The SMILES string of the molecule is O=C1[C@@H]2C=C[C@@H](C2)[C@H]1[C@@]1(O)C[C@@H]2C=C[C@H]1C2. The number of ketones is 1. The molecule has 84 valence electrons. The average Bonchev–Trinajstić information content (AvgIpc) is 2.92. The Balaban J connectivity index is 1.74. The second kappa shape index (κ2) is 2.67. The summed E-state index contributed by atoms with van der Waals surface area (Å²) in [5.41, 5.74) is -0.722. The lowest BCUT2D eigenvalue weighted by Gasteiger charge is -2.38. The first-order chi connectivity index (χ1) is 7.68. The van der Waals surface area contributed by atoms with E-state index in [1.807, 2.05) is 6.08 Å². The smallest absolute Gasteiger partial charge is 0.146 e. The molecular formula is C14H16O2. The molecule has 0 radical (unpaired) electrons. The van der Waals surface area contributed by atoms with E-state index in [0.29, 0.717) is 17.6 Å². The molecule has 0 aliphatic heterocycles. The van der Waals surface area contributed by atoms with Crippen molar-refractivity contribution in [3.05, 3.63) is 24.3 Å². The molecule has 4 rings (SSSR count). The highest BCUT2D eigenvalue weighted by molar-refractivity contribution is 5.90.